The van der Waals surface area contributed by atoms with Gasteiger partial charge in [-0.2, -0.15) is 0 Å². The van der Waals surface area contributed by atoms with Crippen molar-refractivity contribution in [2.75, 3.05) is 6.54 Å². The van der Waals surface area contributed by atoms with Crippen LogP contribution in [0.1, 0.15) is 11.1 Å². The van der Waals surface area contributed by atoms with Crippen molar-refractivity contribution >= 4 is 11.6 Å². The molecule has 1 nitrogen and oxygen atoms in total. The Morgan fingerprint density at radius 3 is 2.37 bits per heavy atom. The van der Waals surface area contributed by atoms with Gasteiger partial charge in [-0.05, 0) is 48.4 Å². The summed E-state index contributed by atoms with van der Waals surface area (Å²) >= 11 is 5.88. The van der Waals surface area contributed by atoms with Crippen LogP contribution in [0.25, 0.3) is 0 Å². The minimum atomic E-state index is -0.537. The Morgan fingerprint density at radius 1 is 0.947 bits per heavy atom. The van der Waals surface area contributed by atoms with E-state index >= 15 is 0 Å². The van der Waals surface area contributed by atoms with Gasteiger partial charge in [-0.1, -0.05) is 23.7 Å². The predicted molar refractivity (Wildman–Crippen MR) is 73.2 cm³/mol. The highest BCUT2D eigenvalue weighted by Crippen LogP contribution is 2.11. The van der Waals surface area contributed by atoms with E-state index in [4.69, 9.17) is 11.6 Å². The molecule has 0 fully saturated rings. The van der Waals surface area contributed by atoms with E-state index < -0.39 is 11.6 Å². The zero-order valence-electron chi connectivity index (χ0n) is 10.3. The van der Waals surface area contributed by atoms with E-state index in [2.05, 4.69) is 5.32 Å². The largest absolute Gasteiger partial charge is 0.312 e. The Bertz CT molecular complexity index is 537. The number of nitrogens with one attached hydrogen (secondary N) is 1. The van der Waals surface area contributed by atoms with Gasteiger partial charge in [0.1, 0.15) is 11.6 Å². The summed E-state index contributed by atoms with van der Waals surface area (Å²) in [7, 11) is 0. The molecule has 0 aromatic heterocycles. The highest BCUT2D eigenvalue weighted by atomic mass is 35.5. The molecule has 0 aliphatic carbocycles. The maximum atomic E-state index is 13.0. The van der Waals surface area contributed by atoms with E-state index in [0.29, 0.717) is 30.1 Å². The van der Waals surface area contributed by atoms with Gasteiger partial charge in [0.05, 0.1) is 0 Å². The fourth-order valence-electron chi connectivity index (χ4n) is 1.87. The minimum absolute atomic E-state index is 0.537. The minimum Gasteiger partial charge on any atom is -0.312 e. The van der Waals surface area contributed by atoms with Crippen molar-refractivity contribution in [2.24, 2.45) is 0 Å². The molecule has 0 spiro atoms. The summed E-state index contributed by atoms with van der Waals surface area (Å²) in [5.74, 6) is -1.07. The van der Waals surface area contributed by atoms with Crippen LogP contribution in [0, 0.1) is 11.6 Å². The second-order valence-electron chi connectivity index (χ2n) is 4.33. The molecule has 0 heterocycles. The molecule has 0 radical (unpaired) electrons. The Hall–Kier alpha value is -1.45. The van der Waals surface area contributed by atoms with Crippen LogP contribution >= 0.6 is 11.6 Å². The fraction of sp³-hybridized carbons (Fsp3) is 0.200. The van der Waals surface area contributed by atoms with Gasteiger partial charge in [0.2, 0.25) is 0 Å². The Balaban J connectivity index is 1.80. The van der Waals surface area contributed by atoms with Gasteiger partial charge in [0.15, 0.2) is 0 Å². The zero-order chi connectivity index (χ0) is 13.7. The predicted octanol–water partition coefficient (Wildman–Crippen LogP) is 3.95. The number of benzene rings is 2. The van der Waals surface area contributed by atoms with Crippen LogP contribution in [0.3, 0.4) is 0 Å². The fourth-order valence-corrected chi connectivity index (χ4v) is 2.08. The lowest BCUT2D eigenvalue weighted by atomic mass is 10.1. The summed E-state index contributed by atoms with van der Waals surface area (Å²) in [5.41, 5.74) is 1.73. The van der Waals surface area contributed by atoms with Gasteiger partial charge in [-0.15, -0.1) is 0 Å². The molecule has 0 bridgehead atoms. The summed E-state index contributed by atoms with van der Waals surface area (Å²) in [5, 5.41) is 3.91. The summed E-state index contributed by atoms with van der Waals surface area (Å²) in [6.07, 6.45) is 0.579. The van der Waals surface area contributed by atoms with E-state index in [1.807, 2.05) is 24.3 Å². The molecular weight excluding hydrogens is 268 g/mol. The Morgan fingerprint density at radius 2 is 1.68 bits per heavy atom. The maximum Gasteiger partial charge on any atom is 0.126 e. The van der Waals surface area contributed by atoms with Crippen LogP contribution in [-0.4, -0.2) is 6.54 Å². The van der Waals surface area contributed by atoms with Gasteiger partial charge in [0, 0.05) is 17.6 Å². The standard InChI is InChI=1S/C15H14ClF2N/c16-13-3-1-2-12(6-13)10-19-5-4-11-7-14(17)9-15(18)8-11/h1-3,6-9,19H,4-5,10H2. The summed E-state index contributed by atoms with van der Waals surface area (Å²) in [4.78, 5) is 0. The number of rotatable bonds is 5. The summed E-state index contributed by atoms with van der Waals surface area (Å²) < 4.78 is 25.9. The molecule has 0 atom stereocenters. The first-order valence-corrected chi connectivity index (χ1v) is 6.41. The second-order valence-corrected chi connectivity index (χ2v) is 4.77. The van der Waals surface area contributed by atoms with E-state index in [1.165, 1.54) is 12.1 Å². The molecule has 0 aliphatic heterocycles. The van der Waals surface area contributed by atoms with Crippen LogP contribution in [0.5, 0.6) is 0 Å². The molecule has 0 unspecified atom stereocenters. The molecule has 0 saturated heterocycles. The van der Waals surface area contributed by atoms with Crippen LogP contribution in [0.2, 0.25) is 5.02 Å². The molecule has 0 saturated carbocycles. The SMILES string of the molecule is Fc1cc(F)cc(CCNCc2cccc(Cl)c2)c1. The topological polar surface area (TPSA) is 12.0 Å². The molecule has 100 valence electrons. The monoisotopic (exact) mass is 281 g/mol. The average molecular weight is 282 g/mol. The van der Waals surface area contributed by atoms with Gasteiger partial charge in [-0.25, -0.2) is 8.78 Å². The van der Waals surface area contributed by atoms with Gasteiger partial charge in [-0.3, -0.25) is 0 Å². The van der Waals surface area contributed by atoms with Crippen LogP contribution in [0.4, 0.5) is 8.78 Å². The van der Waals surface area contributed by atoms with Crippen molar-refractivity contribution in [3.05, 3.63) is 70.2 Å². The molecule has 2 rings (SSSR count). The Labute approximate surface area is 116 Å². The van der Waals surface area contributed by atoms with Gasteiger partial charge < -0.3 is 5.32 Å². The summed E-state index contributed by atoms with van der Waals surface area (Å²) in [6, 6.07) is 11.1. The van der Waals surface area contributed by atoms with Crippen LogP contribution in [-0.2, 0) is 13.0 Å². The third-order valence-electron chi connectivity index (χ3n) is 2.73. The van der Waals surface area contributed by atoms with Crippen molar-refractivity contribution in [3.8, 4) is 0 Å². The average Bonchev–Trinajstić information content (AvgIpc) is 2.34. The molecule has 0 amide bonds. The number of halogens is 3. The van der Waals surface area contributed by atoms with Crippen molar-refractivity contribution in [1.82, 2.24) is 5.32 Å². The lowest BCUT2D eigenvalue weighted by molar-refractivity contribution is 0.577. The lowest BCUT2D eigenvalue weighted by Gasteiger charge is -2.06. The normalized spacial score (nSPS) is 10.7. The maximum absolute atomic E-state index is 13.0. The molecule has 19 heavy (non-hydrogen) atoms. The van der Waals surface area contributed by atoms with E-state index in [1.54, 1.807) is 0 Å². The van der Waals surface area contributed by atoms with Crippen molar-refractivity contribution in [3.63, 3.8) is 0 Å². The highest BCUT2D eigenvalue weighted by Gasteiger charge is 2.00. The van der Waals surface area contributed by atoms with E-state index in [9.17, 15) is 8.78 Å². The quantitative estimate of drug-likeness (QED) is 0.818. The molecule has 2 aromatic carbocycles. The third kappa shape index (κ3) is 4.62. The first-order chi connectivity index (χ1) is 9.13. The third-order valence-corrected chi connectivity index (χ3v) is 2.97. The summed E-state index contributed by atoms with van der Waals surface area (Å²) in [6.45, 7) is 1.33. The molecular formula is C15H14ClF2N. The number of hydrogen-bond donors (Lipinski definition) is 1. The first kappa shape index (κ1) is 14.0. The number of hydrogen-bond acceptors (Lipinski definition) is 1. The van der Waals surface area contributed by atoms with E-state index in [-0.39, 0.29) is 0 Å². The zero-order valence-corrected chi connectivity index (χ0v) is 11.1. The van der Waals surface area contributed by atoms with Crippen LogP contribution < -0.4 is 5.32 Å². The molecule has 2 aromatic rings. The molecule has 1 N–H and O–H groups in total. The van der Waals surface area contributed by atoms with Gasteiger partial charge >= 0.3 is 0 Å². The smallest absolute Gasteiger partial charge is 0.126 e. The molecule has 0 aliphatic rings. The Kier molecular flexibility index (Phi) is 4.88. The molecule has 4 heteroatoms. The first-order valence-electron chi connectivity index (χ1n) is 6.03. The second kappa shape index (κ2) is 6.64. The highest BCUT2D eigenvalue weighted by molar-refractivity contribution is 6.30. The lowest BCUT2D eigenvalue weighted by Crippen LogP contribution is -2.16. The van der Waals surface area contributed by atoms with Gasteiger partial charge in [0.25, 0.3) is 0 Å². The van der Waals surface area contributed by atoms with Crippen molar-refractivity contribution < 1.29 is 8.78 Å². The van der Waals surface area contributed by atoms with Crippen molar-refractivity contribution in [1.29, 1.82) is 0 Å². The van der Waals surface area contributed by atoms with E-state index in [0.717, 1.165) is 11.6 Å². The van der Waals surface area contributed by atoms with Crippen LogP contribution in [0.15, 0.2) is 42.5 Å². The van der Waals surface area contributed by atoms with Crippen molar-refractivity contribution in [2.45, 2.75) is 13.0 Å².